The van der Waals surface area contributed by atoms with Gasteiger partial charge >= 0.3 is 5.92 Å². The van der Waals surface area contributed by atoms with Crippen LogP contribution >= 0.6 is 11.6 Å². The third-order valence-electron chi connectivity index (χ3n) is 2.85. The van der Waals surface area contributed by atoms with Crippen molar-refractivity contribution in [1.29, 1.82) is 0 Å². The van der Waals surface area contributed by atoms with E-state index in [1.807, 2.05) is 0 Å². The van der Waals surface area contributed by atoms with Crippen LogP contribution in [0.15, 0.2) is 48.5 Å². The van der Waals surface area contributed by atoms with Gasteiger partial charge in [0.15, 0.2) is 6.61 Å². The molecule has 0 heterocycles. The highest BCUT2D eigenvalue weighted by Gasteiger charge is 2.32. The van der Waals surface area contributed by atoms with Gasteiger partial charge in [-0.05, 0) is 18.2 Å². The topological polar surface area (TPSA) is 35.2 Å². The van der Waals surface area contributed by atoms with Crippen molar-refractivity contribution >= 4 is 11.6 Å². The maximum atomic E-state index is 14.0. The van der Waals surface area contributed by atoms with Crippen molar-refractivity contribution in [1.82, 2.24) is 0 Å². The number of hydrogen-bond acceptors (Lipinski definition) is 2. The second kappa shape index (κ2) is 6.20. The normalized spacial score (nSPS) is 11.4. The van der Waals surface area contributed by atoms with Crippen LogP contribution in [0, 0.1) is 0 Å². The van der Waals surface area contributed by atoms with Gasteiger partial charge < -0.3 is 10.5 Å². The molecule has 0 aliphatic carbocycles. The highest BCUT2D eigenvalue weighted by Crippen LogP contribution is 2.30. The molecule has 2 nitrogen and oxygen atoms in total. The second-order valence-corrected chi connectivity index (χ2v) is 4.75. The summed E-state index contributed by atoms with van der Waals surface area (Å²) < 4.78 is 33.2. The van der Waals surface area contributed by atoms with Gasteiger partial charge in [0.05, 0.1) is 0 Å². The molecule has 20 heavy (non-hydrogen) atoms. The Bertz CT molecular complexity index is 575. The van der Waals surface area contributed by atoms with Gasteiger partial charge in [0.25, 0.3) is 0 Å². The number of rotatable bonds is 5. The van der Waals surface area contributed by atoms with Gasteiger partial charge in [-0.1, -0.05) is 41.9 Å². The molecule has 2 N–H and O–H groups in total. The summed E-state index contributed by atoms with van der Waals surface area (Å²) in [6, 6.07) is 12.3. The fourth-order valence-electron chi connectivity index (χ4n) is 1.78. The highest BCUT2D eigenvalue weighted by atomic mass is 35.5. The largest absolute Gasteiger partial charge is 0.487 e. The van der Waals surface area contributed by atoms with Gasteiger partial charge in [-0.25, -0.2) is 0 Å². The molecule has 0 aliphatic heterocycles. The maximum absolute atomic E-state index is 14.0. The molecule has 2 aromatic carbocycles. The SMILES string of the molecule is NCc1cc(Cl)ccc1OCC(F)(F)c1ccccc1. The molecule has 106 valence electrons. The lowest BCUT2D eigenvalue weighted by Gasteiger charge is -2.18. The lowest BCUT2D eigenvalue weighted by atomic mass is 10.1. The molecular weight excluding hydrogens is 284 g/mol. The van der Waals surface area contributed by atoms with Crippen molar-refractivity contribution in [2.24, 2.45) is 5.73 Å². The standard InChI is InChI=1S/C15H14ClF2NO/c16-13-6-7-14(11(8-13)9-19)20-10-15(17,18)12-4-2-1-3-5-12/h1-8H,9-10,19H2. The first-order valence-corrected chi connectivity index (χ1v) is 6.45. The van der Waals surface area contributed by atoms with E-state index in [0.29, 0.717) is 16.3 Å². The minimum absolute atomic E-state index is 0.0803. The van der Waals surface area contributed by atoms with E-state index < -0.39 is 12.5 Å². The zero-order chi connectivity index (χ0) is 14.6. The predicted molar refractivity (Wildman–Crippen MR) is 75.2 cm³/mol. The quantitative estimate of drug-likeness (QED) is 0.906. The Morgan fingerprint density at radius 2 is 1.80 bits per heavy atom. The van der Waals surface area contributed by atoms with Crippen LogP contribution in [-0.4, -0.2) is 6.61 Å². The van der Waals surface area contributed by atoms with Crippen LogP contribution in [0.2, 0.25) is 5.02 Å². The summed E-state index contributed by atoms with van der Waals surface area (Å²) in [5.74, 6) is -2.74. The Morgan fingerprint density at radius 3 is 2.45 bits per heavy atom. The predicted octanol–water partition coefficient (Wildman–Crippen LogP) is 3.97. The molecule has 0 fully saturated rings. The molecule has 0 spiro atoms. The molecule has 0 unspecified atom stereocenters. The van der Waals surface area contributed by atoms with Crippen molar-refractivity contribution in [3.8, 4) is 5.75 Å². The molecule has 0 radical (unpaired) electrons. The Kier molecular flexibility index (Phi) is 4.57. The van der Waals surface area contributed by atoms with Crippen molar-refractivity contribution in [3.05, 3.63) is 64.7 Å². The van der Waals surface area contributed by atoms with Crippen LogP contribution in [0.5, 0.6) is 5.75 Å². The van der Waals surface area contributed by atoms with Gasteiger partial charge in [-0.3, -0.25) is 0 Å². The molecule has 0 amide bonds. The van der Waals surface area contributed by atoms with Crippen LogP contribution in [-0.2, 0) is 12.5 Å². The van der Waals surface area contributed by atoms with E-state index in [2.05, 4.69) is 0 Å². The van der Waals surface area contributed by atoms with Crippen molar-refractivity contribution in [2.45, 2.75) is 12.5 Å². The minimum atomic E-state index is -3.06. The number of ether oxygens (including phenoxy) is 1. The van der Waals surface area contributed by atoms with Gasteiger partial charge in [-0.15, -0.1) is 0 Å². The summed E-state index contributed by atoms with van der Waals surface area (Å²) in [5, 5.41) is 0.493. The van der Waals surface area contributed by atoms with Gasteiger partial charge in [0, 0.05) is 22.7 Å². The van der Waals surface area contributed by atoms with Crippen LogP contribution in [0.25, 0.3) is 0 Å². The van der Waals surface area contributed by atoms with E-state index in [1.54, 1.807) is 36.4 Å². The average Bonchev–Trinajstić information content (AvgIpc) is 2.46. The summed E-state index contributed by atoms with van der Waals surface area (Å²) in [4.78, 5) is 0. The summed E-state index contributed by atoms with van der Waals surface area (Å²) >= 11 is 5.82. The Hall–Kier alpha value is -1.65. The van der Waals surface area contributed by atoms with Crippen molar-refractivity contribution in [3.63, 3.8) is 0 Å². The van der Waals surface area contributed by atoms with E-state index in [4.69, 9.17) is 22.1 Å². The molecule has 5 heteroatoms. The Balaban J connectivity index is 2.12. The summed E-state index contributed by atoms with van der Waals surface area (Å²) in [7, 11) is 0. The molecule has 0 bridgehead atoms. The zero-order valence-electron chi connectivity index (χ0n) is 10.7. The Labute approximate surface area is 121 Å². The van der Waals surface area contributed by atoms with Gasteiger partial charge in [0.1, 0.15) is 5.75 Å². The van der Waals surface area contributed by atoms with Gasteiger partial charge in [0.2, 0.25) is 0 Å². The van der Waals surface area contributed by atoms with Crippen LogP contribution in [0.3, 0.4) is 0 Å². The zero-order valence-corrected chi connectivity index (χ0v) is 11.4. The fourth-order valence-corrected chi connectivity index (χ4v) is 1.98. The molecule has 2 aromatic rings. The number of benzene rings is 2. The smallest absolute Gasteiger partial charge is 0.306 e. The third-order valence-corrected chi connectivity index (χ3v) is 3.08. The Morgan fingerprint density at radius 1 is 1.10 bits per heavy atom. The van der Waals surface area contributed by atoms with E-state index in [-0.39, 0.29) is 12.1 Å². The lowest BCUT2D eigenvalue weighted by Crippen LogP contribution is -2.23. The molecular formula is C15H14ClF2NO. The van der Waals surface area contributed by atoms with Crippen molar-refractivity contribution < 1.29 is 13.5 Å². The molecule has 0 saturated carbocycles. The minimum Gasteiger partial charge on any atom is -0.487 e. The average molecular weight is 298 g/mol. The van der Waals surface area contributed by atoms with Gasteiger partial charge in [-0.2, -0.15) is 8.78 Å². The molecule has 2 rings (SSSR count). The molecule has 0 saturated heterocycles. The second-order valence-electron chi connectivity index (χ2n) is 4.32. The summed E-state index contributed by atoms with van der Waals surface area (Å²) in [6.45, 7) is -0.571. The van der Waals surface area contributed by atoms with E-state index in [9.17, 15) is 8.78 Å². The van der Waals surface area contributed by atoms with E-state index >= 15 is 0 Å². The first-order valence-electron chi connectivity index (χ1n) is 6.07. The van der Waals surface area contributed by atoms with Crippen LogP contribution in [0.1, 0.15) is 11.1 Å². The molecule has 0 atom stereocenters. The molecule has 0 aromatic heterocycles. The molecule has 0 aliphatic rings. The number of hydrogen-bond donors (Lipinski definition) is 1. The highest BCUT2D eigenvalue weighted by molar-refractivity contribution is 6.30. The number of nitrogens with two attached hydrogens (primary N) is 1. The fraction of sp³-hybridized carbons (Fsp3) is 0.200. The maximum Gasteiger partial charge on any atom is 0.306 e. The van der Waals surface area contributed by atoms with Crippen molar-refractivity contribution in [2.75, 3.05) is 6.61 Å². The summed E-state index contributed by atoms with van der Waals surface area (Å²) in [5.41, 5.74) is 6.06. The monoisotopic (exact) mass is 297 g/mol. The van der Waals surface area contributed by atoms with E-state index in [1.165, 1.54) is 12.1 Å². The van der Waals surface area contributed by atoms with Crippen LogP contribution < -0.4 is 10.5 Å². The van der Waals surface area contributed by atoms with Crippen LogP contribution in [0.4, 0.5) is 8.78 Å². The number of alkyl halides is 2. The first kappa shape index (κ1) is 14.8. The van der Waals surface area contributed by atoms with E-state index in [0.717, 1.165) is 0 Å². The lowest BCUT2D eigenvalue weighted by molar-refractivity contribution is -0.0469. The first-order chi connectivity index (χ1) is 9.53. The third kappa shape index (κ3) is 3.46. The summed E-state index contributed by atoms with van der Waals surface area (Å²) in [6.07, 6.45) is 0. The number of halogens is 3.